The average Bonchev–Trinajstić information content (AvgIpc) is 2.49. The summed E-state index contributed by atoms with van der Waals surface area (Å²) in [6.45, 7) is 0.587. The molecule has 0 fully saturated rings. The SMILES string of the molecule is COCc1coc2ccc(Br)cc12. The number of hydrogen-bond acceptors (Lipinski definition) is 2. The highest BCUT2D eigenvalue weighted by Gasteiger charge is 2.04. The molecule has 0 bridgehead atoms. The summed E-state index contributed by atoms with van der Waals surface area (Å²) in [5.41, 5.74) is 1.98. The number of rotatable bonds is 2. The zero-order valence-electron chi connectivity index (χ0n) is 7.21. The zero-order chi connectivity index (χ0) is 9.26. The van der Waals surface area contributed by atoms with Crippen LogP contribution in [0.3, 0.4) is 0 Å². The highest BCUT2D eigenvalue weighted by molar-refractivity contribution is 9.10. The lowest BCUT2D eigenvalue weighted by atomic mass is 10.2. The summed E-state index contributed by atoms with van der Waals surface area (Å²) in [6, 6.07) is 5.94. The molecule has 0 saturated heterocycles. The molecule has 0 unspecified atom stereocenters. The number of hydrogen-bond donors (Lipinski definition) is 0. The number of furan rings is 1. The summed E-state index contributed by atoms with van der Waals surface area (Å²) in [6.07, 6.45) is 1.74. The summed E-state index contributed by atoms with van der Waals surface area (Å²) in [5.74, 6) is 0. The summed E-state index contributed by atoms with van der Waals surface area (Å²) in [7, 11) is 1.68. The van der Waals surface area contributed by atoms with E-state index in [0.29, 0.717) is 6.61 Å². The van der Waals surface area contributed by atoms with Crippen LogP contribution in [0.25, 0.3) is 11.0 Å². The summed E-state index contributed by atoms with van der Waals surface area (Å²) >= 11 is 3.42. The second-order valence-corrected chi connectivity index (χ2v) is 3.75. The molecule has 0 saturated carbocycles. The number of halogens is 1. The van der Waals surface area contributed by atoms with E-state index in [1.165, 1.54) is 0 Å². The van der Waals surface area contributed by atoms with E-state index in [0.717, 1.165) is 21.0 Å². The molecule has 0 radical (unpaired) electrons. The maximum atomic E-state index is 5.36. The quantitative estimate of drug-likeness (QED) is 0.804. The van der Waals surface area contributed by atoms with Crippen LogP contribution in [-0.4, -0.2) is 7.11 Å². The Morgan fingerprint density at radius 2 is 2.31 bits per heavy atom. The molecule has 0 N–H and O–H groups in total. The second kappa shape index (κ2) is 3.52. The van der Waals surface area contributed by atoms with Gasteiger partial charge in [0.25, 0.3) is 0 Å². The van der Waals surface area contributed by atoms with Crippen LogP contribution in [0.5, 0.6) is 0 Å². The average molecular weight is 241 g/mol. The highest BCUT2D eigenvalue weighted by Crippen LogP contribution is 2.25. The van der Waals surface area contributed by atoms with Crippen LogP contribution in [0.15, 0.2) is 33.4 Å². The van der Waals surface area contributed by atoms with E-state index in [-0.39, 0.29) is 0 Å². The molecule has 0 aliphatic carbocycles. The van der Waals surface area contributed by atoms with Crippen LogP contribution in [-0.2, 0) is 11.3 Å². The van der Waals surface area contributed by atoms with E-state index in [9.17, 15) is 0 Å². The normalized spacial score (nSPS) is 10.9. The second-order valence-electron chi connectivity index (χ2n) is 2.83. The fourth-order valence-corrected chi connectivity index (χ4v) is 1.68. The van der Waals surface area contributed by atoms with Crippen molar-refractivity contribution in [3.8, 4) is 0 Å². The van der Waals surface area contributed by atoms with Crippen molar-refractivity contribution in [1.29, 1.82) is 0 Å². The monoisotopic (exact) mass is 240 g/mol. The van der Waals surface area contributed by atoms with Crippen molar-refractivity contribution in [1.82, 2.24) is 0 Å². The molecule has 2 rings (SSSR count). The molecule has 1 heterocycles. The van der Waals surface area contributed by atoms with Gasteiger partial charge in [0.2, 0.25) is 0 Å². The van der Waals surface area contributed by atoms with Gasteiger partial charge in [-0.15, -0.1) is 0 Å². The number of ether oxygens (including phenoxy) is 1. The first-order valence-corrected chi connectivity index (χ1v) is 4.75. The molecule has 13 heavy (non-hydrogen) atoms. The van der Waals surface area contributed by atoms with Crippen LogP contribution in [0.2, 0.25) is 0 Å². The van der Waals surface area contributed by atoms with Gasteiger partial charge in [-0.05, 0) is 18.2 Å². The molecule has 0 amide bonds. The predicted octanol–water partition coefficient (Wildman–Crippen LogP) is 3.34. The van der Waals surface area contributed by atoms with Gasteiger partial charge in [-0.1, -0.05) is 15.9 Å². The molecule has 2 nitrogen and oxygen atoms in total. The van der Waals surface area contributed by atoms with E-state index in [2.05, 4.69) is 15.9 Å². The Hall–Kier alpha value is -0.800. The largest absolute Gasteiger partial charge is 0.464 e. The van der Waals surface area contributed by atoms with Crippen LogP contribution < -0.4 is 0 Å². The van der Waals surface area contributed by atoms with Crippen molar-refractivity contribution in [2.24, 2.45) is 0 Å². The van der Waals surface area contributed by atoms with Crippen LogP contribution in [0.4, 0.5) is 0 Å². The highest BCUT2D eigenvalue weighted by atomic mass is 79.9. The first-order chi connectivity index (χ1) is 6.31. The minimum atomic E-state index is 0.587. The third kappa shape index (κ3) is 1.62. The third-order valence-corrected chi connectivity index (χ3v) is 2.41. The van der Waals surface area contributed by atoms with Crippen molar-refractivity contribution in [3.05, 3.63) is 34.5 Å². The van der Waals surface area contributed by atoms with Crippen molar-refractivity contribution in [3.63, 3.8) is 0 Å². The van der Waals surface area contributed by atoms with Gasteiger partial charge >= 0.3 is 0 Å². The molecule has 0 spiro atoms. The standard InChI is InChI=1S/C10H9BrO2/c1-12-5-7-6-13-10-3-2-8(11)4-9(7)10/h2-4,6H,5H2,1H3. The van der Waals surface area contributed by atoms with E-state index in [4.69, 9.17) is 9.15 Å². The fourth-order valence-electron chi connectivity index (χ4n) is 1.32. The van der Waals surface area contributed by atoms with Gasteiger partial charge in [-0.3, -0.25) is 0 Å². The van der Waals surface area contributed by atoms with E-state index >= 15 is 0 Å². The smallest absolute Gasteiger partial charge is 0.134 e. The molecule has 2 aromatic rings. The van der Waals surface area contributed by atoms with Gasteiger partial charge in [0.1, 0.15) is 5.58 Å². The first-order valence-electron chi connectivity index (χ1n) is 3.96. The molecule has 1 aromatic carbocycles. The lowest BCUT2D eigenvalue weighted by Gasteiger charge is -1.95. The van der Waals surface area contributed by atoms with E-state index < -0.39 is 0 Å². The zero-order valence-corrected chi connectivity index (χ0v) is 8.80. The maximum Gasteiger partial charge on any atom is 0.134 e. The summed E-state index contributed by atoms with van der Waals surface area (Å²) in [5, 5.41) is 1.11. The minimum absolute atomic E-state index is 0.587. The van der Waals surface area contributed by atoms with Gasteiger partial charge in [0, 0.05) is 22.5 Å². The molecule has 0 atom stereocenters. The molecular formula is C10H9BrO2. The molecule has 68 valence electrons. The van der Waals surface area contributed by atoms with E-state index in [1.54, 1.807) is 13.4 Å². The van der Waals surface area contributed by atoms with Gasteiger partial charge in [0.15, 0.2) is 0 Å². The Kier molecular flexibility index (Phi) is 2.38. The van der Waals surface area contributed by atoms with Crippen LogP contribution in [0.1, 0.15) is 5.56 Å². The van der Waals surface area contributed by atoms with Crippen LogP contribution >= 0.6 is 15.9 Å². The Morgan fingerprint density at radius 3 is 3.08 bits per heavy atom. The summed E-state index contributed by atoms with van der Waals surface area (Å²) in [4.78, 5) is 0. The van der Waals surface area contributed by atoms with Gasteiger partial charge in [-0.25, -0.2) is 0 Å². The topological polar surface area (TPSA) is 22.4 Å². The molecule has 0 aliphatic heterocycles. The summed E-state index contributed by atoms with van der Waals surface area (Å²) < 4.78 is 11.5. The Labute approximate surface area is 84.6 Å². The molecule has 3 heteroatoms. The maximum absolute atomic E-state index is 5.36. The Balaban J connectivity index is 2.58. The minimum Gasteiger partial charge on any atom is -0.464 e. The Morgan fingerprint density at radius 1 is 1.46 bits per heavy atom. The molecule has 1 aromatic heterocycles. The van der Waals surface area contributed by atoms with Crippen molar-refractivity contribution >= 4 is 26.9 Å². The molecule has 0 aliphatic rings. The fraction of sp³-hybridized carbons (Fsp3) is 0.200. The third-order valence-electron chi connectivity index (χ3n) is 1.92. The van der Waals surface area contributed by atoms with Gasteiger partial charge in [0.05, 0.1) is 12.9 Å². The predicted molar refractivity (Wildman–Crippen MR) is 54.6 cm³/mol. The molecular weight excluding hydrogens is 232 g/mol. The number of methoxy groups -OCH3 is 1. The van der Waals surface area contributed by atoms with Crippen LogP contribution in [0, 0.1) is 0 Å². The first kappa shape index (κ1) is 8.78. The lowest BCUT2D eigenvalue weighted by molar-refractivity contribution is 0.185. The lowest BCUT2D eigenvalue weighted by Crippen LogP contribution is -1.83. The van der Waals surface area contributed by atoms with E-state index in [1.807, 2.05) is 18.2 Å². The Bertz CT molecular complexity index is 420. The number of benzene rings is 1. The van der Waals surface area contributed by atoms with Crippen molar-refractivity contribution < 1.29 is 9.15 Å². The van der Waals surface area contributed by atoms with Crippen molar-refractivity contribution in [2.45, 2.75) is 6.61 Å². The van der Waals surface area contributed by atoms with Gasteiger partial charge < -0.3 is 9.15 Å². The van der Waals surface area contributed by atoms with Crippen molar-refractivity contribution in [2.75, 3.05) is 7.11 Å². The number of fused-ring (bicyclic) bond motifs is 1. The van der Waals surface area contributed by atoms with Gasteiger partial charge in [-0.2, -0.15) is 0 Å².